The molecule has 5 rings (SSSR count). The van der Waals surface area contributed by atoms with Gasteiger partial charge in [0.25, 0.3) is 0 Å². The molecule has 0 N–H and O–H groups in total. The Balaban J connectivity index is 1.65. The predicted octanol–water partition coefficient (Wildman–Crippen LogP) is 3.48. The van der Waals surface area contributed by atoms with Crippen LogP contribution in [-0.4, -0.2) is 54.0 Å². The van der Waals surface area contributed by atoms with Gasteiger partial charge in [-0.1, -0.05) is 0 Å². The quantitative estimate of drug-likeness (QED) is 0.673. The minimum absolute atomic E-state index is 0.0484. The number of nitrogens with zero attached hydrogens (tertiary/aromatic N) is 4. The van der Waals surface area contributed by atoms with Crippen LogP contribution in [0.2, 0.25) is 0 Å². The lowest BCUT2D eigenvalue weighted by Gasteiger charge is -2.37. The Morgan fingerprint density at radius 3 is 3.04 bits per heavy atom. The number of fused-ring (bicyclic) bond motifs is 3. The van der Waals surface area contributed by atoms with E-state index < -0.39 is 0 Å². The zero-order valence-electron chi connectivity index (χ0n) is 16.2. The van der Waals surface area contributed by atoms with Crippen LogP contribution in [0.15, 0.2) is 24.5 Å². The molecular weight excluding hydrogens is 372 g/mol. The summed E-state index contributed by atoms with van der Waals surface area (Å²) in [7, 11) is 1.72. The zero-order chi connectivity index (χ0) is 19.1. The van der Waals surface area contributed by atoms with E-state index in [1.165, 1.54) is 22.2 Å². The standard InChI is InChI=1S/C21H24N4O2S/c1-13-10-25(11-15(27-13)12-26-2)20-18-16-6-3-7-17(16)28-21(18)24-19(23-20)14-5-4-8-22-9-14/h4-5,8-9,13,15H,3,6-7,10-12H2,1-2H3. The Morgan fingerprint density at radius 1 is 1.29 bits per heavy atom. The van der Waals surface area contributed by atoms with Gasteiger partial charge < -0.3 is 14.4 Å². The third-order valence-corrected chi connectivity index (χ3v) is 6.63. The van der Waals surface area contributed by atoms with Crippen molar-refractivity contribution in [2.45, 2.75) is 38.4 Å². The third kappa shape index (κ3) is 3.17. The van der Waals surface area contributed by atoms with E-state index in [1.807, 2.05) is 29.7 Å². The van der Waals surface area contributed by atoms with Crippen molar-refractivity contribution >= 4 is 27.4 Å². The lowest BCUT2D eigenvalue weighted by molar-refractivity contribution is -0.0512. The smallest absolute Gasteiger partial charge is 0.164 e. The number of pyridine rings is 1. The average Bonchev–Trinajstić information content (AvgIpc) is 3.28. The van der Waals surface area contributed by atoms with E-state index in [-0.39, 0.29) is 12.2 Å². The van der Waals surface area contributed by atoms with Gasteiger partial charge in [0.15, 0.2) is 5.82 Å². The van der Waals surface area contributed by atoms with Crippen LogP contribution in [0.25, 0.3) is 21.6 Å². The first-order valence-electron chi connectivity index (χ1n) is 9.85. The highest BCUT2D eigenvalue weighted by Crippen LogP contribution is 2.42. The molecule has 1 saturated heterocycles. The van der Waals surface area contributed by atoms with E-state index in [1.54, 1.807) is 13.3 Å². The van der Waals surface area contributed by atoms with Gasteiger partial charge in [0, 0.05) is 43.0 Å². The largest absolute Gasteiger partial charge is 0.382 e. The van der Waals surface area contributed by atoms with E-state index >= 15 is 0 Å². The summed E-state index contributed by atoms with van der Waals surface area (Å²) >= 11 is 1.83. The summed E-state index contributed by atoms with van der Waals surface area (Å²) in [5.41, 5.74) is 2.41. The number of aromatic nitrogens is 3. The first kappa shape index (κ1) is 18.0. The summed E-state index contributed by atoms with van der Waals surface area (Å²) in [6, 6.07) is 3.96. The number of aryl methyl sites for hydroxylation is 2. The number of anilines is 1. The zero-order valence-corrected chi connectivity index (χ0v) is 17.0. The number of methoxy groups -OCH3 is 1. The molecular formula is C21H24N4O2S. The van der Waals surface area contributed by atoms with Crippen LogP contribution in [0.4, 0.5) is 5.82 Å². The molecule has 3 aromatic rings. The monoisotopic (exact) mass is 396 g/mol. The Kier molecular flexibility index (Phi) is 4.74. The van der Waals surface area contributed by atoms with Crippen LogP contribution in [0.1, 0.15) is 23.8 Å². The van der Waals surface area contributed by atoms with Gasteiger partial charge >= 0.3 is 0 Å². The van der Waals surface area contributed by atoms with Crippen molar-refractivity contribution < 1.29 is 9.47 Å². The van der Waals surface area contributed by atoms with E-state index in [9.17, 15) is 0 Å². The molecule has 6 nitrogen and oxygen atoms in total. The van der Waals surface area contributed by atoms with E-state index in [4.69, 9.17) is 19.4 Å². The maximum Gasteiger partial charge on any atom is 0.164 e. The first-order chi connectivity index (χ1) is 13.7. The highest BCUT2D eigenvalue weighted by Gasteiger charge is 2.30. The van der Waals surface area contributed by atoms with Crippen LogP contribution >= 0.6 is 11.3 Å². The van der Waals surface area contributed by atoms with Crippen molar-refractivity contribution in [2.24, 2.45) is 0 Å². The Hall–Kier alpha value is -2.09. The van der Waals surface area contributed by atoms with Crippen molar-refractivity contribution in [1.82, 2.24) is 15.0 Å². The lowest BCUT2D eigenvalue weighted by Crippen LogP contribution is -2.48. The van der Waals surface area contributed by atoms with Crippen molar-refractivity contribution in [3.63, 3.8) is 0 Å². The van der Waals surface area contributed by atoms with Gasteiger partial charge in [-0.3, -0.25) is 4.98 Å². The summed E-state index contributed by atoms with van der Waals surface area (Å²) in [5.74, 6) is 1.79. The lowest BCUT2D eigenvalue weighted by atomic mass is 10.1. The molecule has 0 spiro atoms. The summed E-state index contributed by atoms with van der Waals surface area (Å²) in [6.45, 7) is 4.31. The number of ether oxygens (including phenoxy) is 2. The molecule has 7 heteroatoms. The van der Waals surface area contributed by atoms with Gasteiger partial charge in [-0.2, -0.15) is 0 Å². The van der Waals surface area contributed by atoms with Crippen molar-refractivity contribution in [3.05, 3.63) is 35.0 Å². The number of hydrogen-bond donors (Lipinski definition) is 0. The molecule has 28 heavy (non-hydrogen) atoms. The van der Waals surface area contributed by atoms with Gasteiger partial charge in [0.2, 0.25) is 0 Å². The molecule has 1 aliphatic carbocycles. The fourth-order valence-electron chi connectivity index (χ4n) is 4.33. The SMILES string of the molecule is COCC1CN(c2nc(-c3cccnc3)nc3sc4c(c23)CCC4)CC(C)O1. The fraction of sp³-hybridized carbons (Fsp3) is 0.476. The normalized spacial score (nSPS) is 22.0. The van der Waals surface area contributed by atoms with Gasteiger partial charge in [-0.05, 0) is 43.9 Å². The van der Waals surface area contributed by atoms with Crippen LogP contribution < -0.4 is 4.90 Å². The predicted molar refractivity (Wildman–Crippen MR) is 111 cm³/mol. The van der Waals surface area contributed by atoms with Crippen molar-refractivity contribution in [1.29, 1.82) is 0 Å². The Bertz CT molecular complexity index is 991. The topological polar surface area (TPSA) is 60.4 Å². The molecule has 2 atom stereocenters. The van der Waals surface area contributed by atoms with Gasteiger partial charge in [-0.25, -0.2) is 9.97 Å². The molecule has 0 radical (unpaired) electrons. The number of morpholine rings is 1. The maximum absolute atomic E-state index is 6.06. The second kappa shape index (κ2) is 7.39. The van der Waals surface area contributed by atoms with E-state index in [0.717, 1.165) is 48.0 Å². The Labute approximate surface area is 168 Å². The molecule has 0 bridgehead atoms. The summed E-state index contributed by atoms with van der Waals surface area (Å²) in [5, 5.41) is 1.25. The van der Waals surface area contributed by atoms with Crippen molar-refractivity contribution in [2.75, 3.05) is 31.7 Å². The van der Waals surface area contributed by atoms with Crippen LogP contribution in [0.5, 0.6) is 0 Å². The molecule has 0 amide bonds. The molecule has 2 aliphatic rings. The molecule has 2 unspecified atom stereocenters. The number of thiophene rings is 1. The van der Waals surface area contributed by atoms with E-state index in [2.05, 4.69) is 16.8 Å². The van der Waals surface area contributed by atoms with Crippen LogP contribution in [-0.2, 0) is 22.3 Å². The van der Waals surface area contributed by atoms with Gasteiger partial charge in [0.05, 0.1) is 24.2 Å². The molecule has 3 aromatic heterocycles. The second-order valence-corrected chi connectivity index (χ2v) is 8.66. The third-order valence-electron chi connectivity index (χ3n) is 5.44. The van der Waals surface area contributed by atoms with Gasteiger partial charge in [-0.15, -0.1) is 11.3 Å². The summed E-state index contributed by atoms with van der Waals surface area (Å²) in [6.07, 6.45) is 7.30. The molecule has 1 aliphatic heterocycles. The number of rotatable bonds is 4. The minimum Gasteiger partial charge on any atom is -0.382 e. The highest BCUT2D eigenvalue weighted by atomic mass is 32.1. The molecule has 146 valence electrons. The summed E-state index contributed by atoms with van der Waals surface area (Å²) in [4.78, 5) is 19.2. The molecule has 0 aromatic carbocycles. The average molecular weight is 397 g/mol. The molecule has 1 fully saturated rings. The van der Waals surface area contributed by atoms with Crippen LogP contribution in [0.3, 0.4) is 0 Å². The number of hydrogen-bond acceptors (Lipinski definition) is 7. The van der Waals surface area contributed by atoms with Gasteiger partial charge in [0.1, 0.15) is 10.6 Å². The molecule has 4 heterocycles. The minimum atomic E-state index is 0.0484. The molecule has 0 saturated carbocycles. The second-order valence-electron chi connectivity index (χ2n) is 7.58. The van der Waals surface area contributed by atoms with E-state index in [0.29, 0.717) is 6.61 Å². The van der Waals surface area contributed by atoms with Crippen molar-refractivity contribution in [3.8, 4) is 11.4 Å². The highest BCUT2D eigenvalue weighted by molar-refractivity contribution is 7.19. The van der Waals surface area contributed by atoms with Crippen LogP contribution in [0, 0.1) is 0 Å². The Morgan fingerprint density at radius 2 is 2.21 bits per heavy atom. The first-order valence-corrected chi connectivity index (χ1v) is 10.7. The fourth-order valence-corrected chi connectivity index (χ4v) is 5.58. The summed E-state index contributed by atoms with van der Waals surface area (Å²) < 4.78 is 11.4. The maximum atomic E-state index is 6.06.